The number of ether oxygens (including phenoxy) is 3. The third kappa shape index (κ3) is 9.64. The monoisotopic (exact) mass is 817 g/mol. The molecule has 12 heteroatoms. The van der Waals surface area contributed by atoms with E-state index in [9.17, 15) is 24.9 Å². The van der Waals surface area contributed by atoms with E-state index in [1.807, 2.05) is 24.3 Å². The molecular weight excluding hydrogens is 765 g/mol. The summed E-state index contributed by atoms with van der Waals surface area (Å²) in [7, 11) is 1.49. The molecule has 1 saturated carbocycles. The zero-order chi connectivity index (χ0) is 36.7. The molecule has 0 spiro atoms. The zero-order valence-corrected chi connectivity index (χ0v) is 32.1. The number of nitrogens with one attached hydrogen (secondary N) is 2. The molecular formula is C39H52IN3O8. The Bertz CT molecular complexity index is 1640. The predicted molar refractivity (Wildman–Crippen MR) is 203 cm³/mol. The van der Waals surface area contributed by atoms with Gasteiger partial charge in [-0.05, 0) is 94.5 Å². The topological polar surface area (TPSA) is 154 Å². The predicted octanol–water partition coefficient (Wildman–Crippen LogP) is 4.74. The van der Waals surface area contributed by atoms with Crippen molar-refractivity contribution in [2.24, 2.45) is 17.8 Å². The number of carbonyl (C=O) groups excluding carboxylic acids is 2. The number of benzene rings is 2. The summed E-state index contributed by atoms with van der Waals surface area (Å²) in [5.41, 5.74) is 2.89. The van der Waals surface area contributed by atoms with Gasteiger partial charge in [0, 0.05) is 42.7 Å². The van der Waals surface area contributed by atoms with Gasteiger partial charge in [0.1, 0.15) is 18.8 Å². The van der Waals surface area contributed by atoms with E-state index in [0.717, 1.165) is 35.9 Å². The van der Waals surface area contributed by atoms with Crippen molar-refractivity contribution in [1.82, 2.24) is 15.2 Å². The van der Waals surface area contributed by atoms with Gasteiger partial charge >= 0.3 is 0 Å². The van der Waals surface area contributed by atoms with Crippen LogP contribution < -0.4 is 14.8 Å². The molecule has 2 amide bonds. The van der Waals surface area contributed by atoms with E-state index in [2.05, 4.69) is 59.7 Å². The van der Waals surface area contributed by atoms with Crippen LogP contribution in [0.1, 0.15) is 57.7 Å². The lowest BCUT2D eigenvalue weighted by atomic mass is 9.75. The molecule has 1 aromatic heterocycles. The van der Waals surface area contributed by atoms with Crippen LogP contribution in [0.3, 0.4) is 0 Å². The highest BCUT2D eigenvalue weighted by atomic mass is 127. The van der Waals surface area contributed by atoms with Crippen LogP contribution in [0.15, 0.2) is 54.1 Å². The number of halogens is 1. The van der Waals surface area contributed by atoms with Crippen LogP contribution in [0.5, 0.6) is 11.5 Å². The van der Waals surface area contributed by atoms with E-state index in [1.54, 1.807) is 23.1 Å². The largest absolute Gasteiger partial charge is 0.493 e. The van der Waals surface area contributed by atoms with Crippen LogP contribution in [-0.2, 0) is 27.4 Å². The van der Waals surface area contributed by atoms with Crippen molar-refractivity contribution < 1.29 is 39.1 Å². The summed E-state index contributed by atoms with van der Waals surface area (Å²) in [5, 5.41) is 35.0. The van der Waals surface area contributed by atoms with Crippen LogP contribution in [0.25, 0.3) is 10.9 Å². The third-order valence-electron chi connectivity index (χ3n) is 10.3. The lowest BCUT2D eigenvalue weighted by molar-refractivity contribution is -0.148. The molecule has 6 atom stereocenters. The molecule has 0 unspecified atom stereocenters. The summed E-state index contributed by atoms with van der Waals surface area (Å²) in [5.74, 6) is 1.30. The first-order valence-electron chi connectivity index (χ1n) is 17.9. The molecule has 1 heterocycles. The van der Waals surface area contributed by atoms with Gasteiger partial charge in [-0.3, -0.25) is 9.59 Å². The van der Waals surface area contributed by atoms with Crippen LogP contribution in [0, 0.1) is 21.3 Å². The van der Waals surface area contributed by atoms with Gasteiger partial charge in [-0.2, -0.15) is 0 Å². The molecule has 2 aliphatic rings. The smallest absolute Gasteiger partial charge is 0.248 e. The number of hydrogen-bond acceptors (Lipinski definition) is 8. The van der Waals surface area contributed by atoms with Gasteiger partial charge in [0.25, 0.3) is 0 Å². The molecule has 0 radical (unpaired) electrons. The Labute approximate surface area is 313 Å². The Morgan fingerprint density at radius 3 is 2.63 bits per heavy atom. The first-order chi connectivity index (χ1) is 24.5. The molecule has 278 valence electrons. The number of aromatic nitrogens is 1. The molecule has 51 heavy (non-hydrogen) atoms. The Morgan fingerprint density at radius 1 is 1.14 bits per heavy atom. The zero-order valence-electron chi connectivity index (χ0n) is 29.9. The van der Waals surface area contributed by atoms with Gasteiger partial charge < -0.3 is 44.7 Å². The molecule has 2 aliphatic carbocycles. The lowest BCUT2D eigenvalue weighted by Crippen LogP contribution is -2.56. The minimum atomic E-state index is -1.22. The standard InChI is InChI=1S/C39H52IN3O8/c1-23(2)29-10-9-24(3)15-33(29)50-22-36(46)43(13-11-28-18-26-7-5-6-8-31(26)42-28)32-19-27(39(48)41-12-14-44)20-34(37(32)47)51-38-30(40)16-25(21-45)17-35(38)49-4/h5-8,16-18,20,23-24,29,32-34,37,42,44-45,47H,9-15,19,21-22H2,1-4H3,(H,41,48)/t24-,29+,32+,33-,34-,37-/m0/s1. The van der Waals surface area contributed by atoms with Crippen molar-refractivity contribution in [1.29, 1.82) is 0 Å². The second kappa shape index (κ2) is 18.0. The minimum Gasteiger partial charge on any atom is -0.493 e. The van der Waals surface area contributed by atoms with Gasteiger partial charge in [0.15, 0.2) is 11.5 Å². The molecule has 11 nitrogen and oxygen atoms in total. The molecule has 1 fully saturated rings. The fraction of sp³-hybridized carbons (Fsp3) is 0.538. The maximum absolute atomic E-state index is 14.4. The van der Waals surface area contributed by atoms with E-state index in [-0.39, 0.29) is 51.3 Å². The van der Waals surface area contributed by atoms with Gasteiger partial charge in [-0.1, -0.05) is 45.4 Å². The highest BCUT2D eigenvalue weighted by molar-refractivity contribution is 14.1. The van der Waals surface area contributed by atoms with Crippen LogP contribution in [0.2, 0.25) is 0 Å². The van der Waals surface area contributed by atoms with Crippen LogP contribution in [-0.4, -0.2) is 94.8 Å². The van der Waals surface area contributed by atoms with E-state index in [0.29, 0.717) is 50.4 Å². The molecule has 0 saturated heterocycles. The summed E-state index contributed by atoms with van der Waals surface area (Å²) < 4.78 is 19.1. The van der Waals surface area contributed by atoms with Gasteiger partial charge in [-0.15, -0.1) is 0 Å². The Morgan fingerprint density at radius 2 is 1.92 bits per heavy atom. The number of aromatic amines is 1. The Kier molecular flexibility index (Phi) is 13.8. The fourth-order valence-electron chi connectivity index (χ4n) is 7.45. The van der Waals surface area contributed by atoms with E-state index < -0.39 is 24.2 Å². The summed E-state index contributed by atoms with van der Waals surface area (Å²) in [6, 6.07) is 12.6. The highest BCUT2D eigenvalue weighted by Crippen LogP contribution is 2.38. The summed E-state index contributed by atoms with van der Waals surface area (Å²) in [4.78, 5) is 32.8. The highest BCUT2D eigenvalue weighted by Gasteiger charge is 2.41. The van der Waals surface area contributed by atoms with Crippen molar-refractivity contribution in [3.05, 3.63) is 68.9 Å². The van der Waals surface area contributed by atoms with E-state index >= 15 is 0 Å². The normalized spacial score (nSPS) is 23.6. The van der Waals surface area contributed by atoms with Crippen molar-refractivity contribution >= 4 is 45.3 Å². The number of rotatable bonds is 15. The second-order valence-electron chi connectivity index (χ2n) is 14.2. The van der Waals surface area contributed by atoms with Crippen LogP contribution >= 0.6 is 22.6 Å². The quantitative estimate of drug-likeness (QED) is 0.138. The average Bonchev–Trinajstić information content (AvgIpc) is 3.54. The van der Waals surface area contributed by atoms with Crippen molar-refractivity contribution in [2.75, 3.05) is 33.4 Å². The number of para-hydroxylation sites is 1. The maximum atomic E-state index is 14.4. The Balaban J connectivity index is 1.47. The van der Waals surface area contributed by atoms with E-state index in [4.69, 9.17) is 14.2 Å². The SMILES string of the molecule is COc1cc(CO)cc(I)c1O[C@H]1C=C(C(=O)NCCO)C[C@@H](N(CCc2cc3ccccc3[nH]2)C(=O)CO[C@H]2C[C@@H](C)CC[C@@H]2C(C)C)[C@@H]1O. The molecule has 2 aromatic carbocycles. The molecule has 5 rings (SSSR count). The molecule has 3 aromatic rings. The summed E-state index contributed by atoms with van der Waals surface area (Å²) >= 11 is 2.08. The van der Waals surface area contributed by atoms with Gasteiger partial charge in [0.05, 0.1) is 36.0 Å². The summed E-state index contributed by atoms with van der Waals surface area (Å²) in [6.07, 6.45) is 2.92. The number of aliphatic hydroxyl groups excluding tert-OH is 3. The average molecular weight is 818 g/mol. The number of nitrogens with zero attached hydrogens (tertiary/aromatic N) is 1. The lowest BCUT2D eigenvalue weighted by Gasteiger charge is -2.41. The van der Waals surface area contributed by atoms with Crippen molar-refractivity contribution in [3.8, 4) is 11.5 Å². The number of aliphatic hydroxyl groups is 3. The molecule has 0 bridgehead atoms. The summed E-state index contributed by atoms with van der Waals surface area (Å²) in [6.45, 7) is 6.37. The van der Waals surface area contributed by atoms with Crippen LogP contribution in [0.4, 0.5) is 0 Å². The van der Waals surface area contributed by atoms with E-state index in [1.165, 1.54) is 7.11 Å². The number of H-pyrrole nitrogens is 1. The number of hydrogen-bond donors (Lipinski definition) is 5. The Hall–Kier alpha value is -3.17. The minimum absolute atomic E-state index is 0.0447. The molecule has 0 aliphatic heterocycles. The fourth-order valence-corrected chi connectivity index (χ4v) is 8.24. The first-order valence-corrected chi connectivity index (χ1v) is 19.0. The molecule has 5 N–H and O–H groups in total. The third-order valence-corrected chi connectivity index (χ3v) is 11.1. The van der Waals surface area contributed by atoms with Crippen molar-refractivity contribution in [3.63, 3.8) is 0 Å². The second-order valence-corrected chi connectivity index (χ2v) is 15.3. The maximum Gasteiger partial charge on any atom is 0.248 e. The number of fused-ring (bicyclic) bond motifs is 1. The van der Waals surface area contributed by atoms with Gasteiger partial charge in [-0.25, -0.2) is 0 Å². The number of methoxy groups -OCH3 is 1. The van der Waals surface area contributed by atoms with Crippen molar-refractivity contribution in [2.45, 2.75) is 83.8 Å². The number of carbonyl (C=O) groups is 2. The number of amides is 2. The van der Waals surface area contributed by atoms with Gasteiger partial charge in [0.2, 0.25) is 11.8 Å². The first kappa shape index (κ1) is 39.0.